The van der Waals surface area contributed by atoms with Crippen LogP contribution in [0.25, 0.3) is 11.0 Å². The van der Waals surface area contributed by atoms with Crippen molar-refractivity contribution >= 4 is 67.9 Å². The minimum atomic E-state index is -3.58. The van der Waals surface area contributed by atoms with Gasteiger partial charge in [0.25, 0.3) is 11.8 Å². The summed E-state index contributed by atoms with van der Waals surface area (Å²) in [4.78, 5) is 54.4. The lowest BCUT2D eigenvalue weighted by Gasteiger charge is -2.30. The highest BCUT2D eigenvalue weighted by Gasteiger charge is 2.31. The molecular weight excluding hydrogens is 803 g/mol. The Bertz CT molecular complexity index is 2220. The van der Waals surface area contributed by atoms with Crippen molar-refractivity contribution < 1.29 is 55.7 Å². The number of hydrogen-bond donors (Lipinski definition) is 1. The number of amides is 2. The van der Waals surface area contributed by atoms with E-state index in [1.54, 1.807) is 35.4 Å². The largest absolute Gasteiger partial charge is 0.508 e. The van der Waals surface area contributed by atoms with Gasteiger partial charge in [-0.2, -0.15) is 0 Å². The fraction of sp³-hybridized carbons (Fsp3) is 0.400. The second-order valence-electron chi connectivity index (χ2n) is 13.6. The number of esters is 1. The molecule has 2 atom stereocenters. The summed E-state index contributed by atoms with van der Waals surface area (Å²) in [6.07, 6.45) is 4.89. The molecular formula is C40H42Cl2N2O12S. The number of carbonyl (C=O) groups is 4. The molecule has 2 aliphatic rings. The van der Waals surface area contributed by atoms with Gasteiger partial charge in [-0.1, -0.05) is 41.4 Å². The van der Waals surface area contributed by atoms with Gasteiger partial charge in [0, 0.05) is 49.7 Å². The van der Waals surface area contributed by atoms with Crippen LogP contribution in [0.3, 0.4) is 0 Å². The van der Waals surface area contributed by atoms with E-state index in [4.69, 9.17) is 51.3 Å². The van der Waals surface area contributed by atoms with Crippen molar-refractivity contribution in [3.05, 3.63) is 98.7 Å². The molecule has 0 spiro atoms. The van der Waals surface area contributed by atoms with Crippen molar-refractivity contribution in [3.8, 4) is 0 Å². The van der Waals surface area contributed by atoms with Crippen LogP contribution >= 0.6 is 23.2 Å². The van der Waals surface area contributed by atoms with E-state index >= 15 is 0 Å². The van der Waals surface area contributed by atoms with Crippen LogP contribution in [0, 0.1) is 0 Å². The first-order valence-electron chi connectivity index (χ1n) is 18.4. The SMILES string of the molecule is CS(=O)(=O)c1cccc(C[C@H](NC(=O)c2c(Cl)cc3c(c2Cl)CCN(C(=O)c2ccc4ccoc4c2)C3)C(=O)OCCOC(=O)OCCCOC2CCCCO2)c1. The zero-order valence-corrected chi connectivity index (χ0v) is 33.5. The number of nitrogens with one attached hydrogen (secondary N) is 1. The Balaban J connectivity index is 1.08. The van der Waals surface area contributed by atoms with Crippen molar-refractivity contribution in [1.29, 1.82) is 0 Å². The molecule has 17 heteroatoms. The van der Waals surface area contributed by atoms with E-state index in [2.05, 4.69) is 5.32 Å². The van der Waals surface area contributed by atoms with E-state index in [-0.39, 0.29) is 65.5 Å². The molecule has 57 heavy (non-hydrogen) atoms. The molecule has 0 radical (unpaired) electrons. The summed E-state index contributed by atoms with van der Waals surface area (Å²) in [6, 6.07) is 13.2. The predicted octanol–water partition coefficient (Wildman–Crippen LogP) is 6.31. The molecule has 4 aromatic rings. The van der Waals surface area contributed by atoms with Crippen molar-refractivity contribution in [2.45, 2.75) is 62.3 Å². The number of furan rings is 1. The molecule has 0 aliphatic carbocycles. The Labute approximate surface area is 339 Å². The minimum absolute atomic E-state index is 0.00506. The third-order valence-electron chi connectivity index (χ3n) is 9.48. The van der Waals surface area contributed by atoms with Crippen LogP contribution < -0.4 is 5.32 Å². The number of carbonyl (C=O) groups excluding carboxylic acids is 4. The number of halogens is 2. The quantitative estimate of drug-likeness (QED) is 0.104. The molecule has 0 bridgehead atoms. The maximum atomic E-state index is 13.8. The lowest BCUT2D eigenvalue weighted by atomic mass is 9.95. The number of sulfone groups is 1. The normalized spacial score (nSPS) is 16.1. The molecule has 1 N–H and O–H groups in total. The highest BCUT2D eigenvalue weighted by atomic mass is 35.5. The monoisotopic (exact) mass is 844 g/mol. The number of benzene rings is 3. The van der Waals surface area contributed by atoms with E-state index in [1.165, 1.54) is 18.2 Å². The average Bonchev–Trinajstić information content (AvgIpc) is 3.67. The summed E-state index contributed by atoms with van der Waals surface area (Å²) < 4.78 is 56.4. The van der Waals surface area contributed by atoms with Gasteiger partial charge in [-0.3, -0.25) is 9.59 Å². The average molecular weight is 846 g/mol. The van der Waals surface area contributed by atoms with E-state index in [0.29, 0.717) is 60.4 Å². The molecule has 1 fully saturated rings. The van der Waals surface area contributed by atoms with Gasteiger partial charge in [0.05, 0.1) is 40.0 Å². The molecule has 304 valence electrons. The second kappa shape index (κ2) is 19.2. The van der Waals surface area contributed by atoms with Crippen molar-refractivity contribution in [2.75, 3.05) is 45.8 Å². The summed E-state index contributed by atoms with van der Waals surface area (Å²) in [6.45, 7) is 0.877. The van der Waals surface area contributed by atoms with Crippen molar-refractivity contribution in [2.24, 2.45) is 0 Å². The van der Waals surface area contributed by atoms with Crippen LogP contribution in [-0.4, -0.2) is 95.4 Å². The summed E-state index contributed by atoms with van der Waals surface area (Å²) in [5, 5.41) is 3.59. The van der Waals surface area contributed by atoms with Crippen LogP contribution in [0.4, 0.5) is 4.79 Å². The number of fused-ring (bicyclic) bond motifs is 2. The molecule has 6 rings (SSSR count). The summed E-state index contributed by atoms with van der Waals surface area (Å²) >= 11 is 13.5. The Kier molecular flexibility index (Phi) is 14.1. The first-order valence-corrected chi connectivity index (χ1v) is 21.1. The summed E-state index contributed by atoms with van der Waals surface area (Å²) in [5.41, 5.74) is 2.68. The van der Waals surface area contributed by atoms with Gasteiger partial charge < -0.3 is 38.3 Å². The Morgan fingerprint density at radius 3 is 2.56 bits per heavy atom. The molecule has 1 aromatic heterocycles. The van der Waals surface area contributed by atoms with Crippen LogP contribution in [0.2, 0.25) is 10.0 Å². The number of ether oxygens (including phenoxy) is 5. The van der Waals surface area contributed by atoms with E-state index < -0.39 is 33.9 Å². The first kappa shape index (κ1) is 41.9. The minimum Gasteiger partial charge on any atom is -0.464 e. The number of nitrogens with zero attached hydrogens (tertiary/aromatic N) is 1. The number of hydrogen-bond acceptors (Lipinski definition) is 12. The van der Waals surface area contributed by atoms with Crippen LogP contribution in [-0.2, 0) is 57.7 Å². The van der Waals surface area contributed by atoms with Crippen LogP contribution in [0.15, 0.2) is 70.2 Å². The van der Waals surface area contributed by atoms with E-state index in [1.807, 2.05) is 12.1 Å². The maximum absolute atomic E-state index is 13.8. The highest BCUT2D eigenvalue weighted by Crippen LogP contribution is 2.35. The fourth-order valence-electron chi connectivity index (χ4n) is 6.55. The van der Waals surface area contributed by atoms with Gasteiger partial charge in [-0.15, -0.1) is 0 Å². The smallest absolute Gasteiger partial charge is 0.464 e. The Morgan fingerprint density at radius 1 is 0.965 bits per heavy atom. The van der Waals surface area contributed by atoms with Crippen molar-refractivity contribution in [3.63, 3.8) is 0 Å². The van der Waals surface area contributed by atoms with Crippen LogP contribution in [0.1, 0.15) is 63.1 Å². The molecule has 2 amide bonds. The topological polar surface area (TPSA) is 177 Å². The maximum Gasteiger partial charge on any atom is 0.508 e. The van der Waals surface area contributed by atoms with Gasteiger partial charge >= 0.3 is 12.1 Å². The third kappa shape index (κ3) is 11.0. The van der Waals surface area contributed by atoms with E-state index in [9.17, 15) is 27.6 Å². The molecule has 14 nitrogen and oxygen atoms in total. The summed E-state index contributed by atoms with van der Waals surface area (Å²) in [7, 11) is -3.58. The van der Waals surface area contributed by atoms with Crippen LogP contribution in [0.5, 0.6) is 0 Å². The van der Waals surface area contributed by atoms with Gasteiger partial charge in [-0.05, 0) is 78.8 Å². The highest BCUT2D eigenvalue weighted by molar-refractivity contribution is 7.90. The molecule has 1 unspecified atom stereocenters. The first-order chi connectivity index (χ1) is 27.4. The zero-order valence-electron chi connectivity index (χ0n) is 31.1. The van der Waals surface area contributed by atoms with Gasteiger partial charge in [0.15, 0.2) is 16.1 Å². The van der Waals surface area contributed by atoms with Gasteiger partial charge in [0.1, 0.15) is 24.8 Å². The Morgan fingerprint density at radius 2 is 1.77 bits per heavy atom. The molecule has 3 heterocycles. The lowest BCUT2D eigenvalue weighted by molar-refractivity contribution is -0.163. The van der Waals surface area contributed by atoms with Gasteiger partial charge in [-0.25, -0.2) is 18.0 Å². The van der Waals surface area contributed by atoms with E-state index in [0.717, 1.165) is 30.9 Å². The van der Waals surface area contributed by atoms with Gasteiger partial charge in [0.2, 0.25) is 0 Å². The second-order valence-corrected chi connectivity index (χ2v) is 16.4. The standard InChI is InChI=1S/C40H42Cl2N2O12S/c1-57(49,50)29-7-4-6-25(20-29)21-32(39(47)54-18-19-56-40(48)55-16-5-15-53-34-8-2-3-14-52-34)43-37(45)35-31(41)22-28-24-44(13-11-30(28)36(35)42)38(46)27-10-9-26-12-17-51-33(26)23-27/h4,6-7,9-10,12,17,20,22-23,32,34H,2-3,5,8,11,13-16,18-19,21,24H2,1H3,(H,43,45)/t32-,34?/m0/s1. The fourth-order valence-corrected chi connectivity index (χ4v) is 8.00. The predicted molar refractivity (Wildman–Crippen MR) is 208 cm³/mol. The van der Waals surface area contributed by atoms with Crippen molar-refractivity contribution in [1.82, 2.24) is 10.2 Å². The molecule has 3 aromatic carbocycles. The summed E-state index contributed by atoms with van der Waals surface area (Å²) in [5.74, 6) is -1.87. The third-order valence-corrected chi connectivity index (χ3v) is 11.3. The molecule has 0 saturated carbocycles. The molecule has 1 saturated heterocycles. The zero-order chi connectivity index (χ0) is 40.5. The number of rotatable bonds is 15. The lowest BCUT2D eigenvalue weighted by Crippen LogP contribution is -2.44. The molecule has 2 aliphatic heterocycles. The Hall–Kier alpha value is -4.67.